The molecule has 0 heteroatoms. The highest BCUT2D eigenvalue weighted by molar-refractivity contribution is 5.42. The molecular formula is C18H24. The van der Waals surface area contributed by atoms with Crippen LogP contribution >= 0.6 is 0 Å². The lowest BCUT2D eigenvalue weighted by Crippen LogP contribution is -1.93. The maximum Gasteiger partial charge on any atom is -0.0392 e. The fraction of sp³-hybridized carbons (Fsp3) is 0.333. The Balaban J connectivity index is 0.000000199. The summed E-state index contributed by atoms with van der Waals surface area (Å²) in [6.45, 7) is 13.0. The number of hydrogen-bond acceptors (Lipinski definition) is 0. The van der Waals surface area contributed by atoms with Crippen molar-refractivity contribution in [2.75, 3.05) is 0 Å². The Labute approximate surface area is 112 Å². The van der Waals surface area contributed by atoms with Gasteiger partial charge in [0.05, 0.1) is 0 Å². The van der Waals surface area contributed by atoms with E-state index in [-0.39, 0.29) is 0 Å². The SMILES string of the molecule is Cc1cc(C)c(C)c(C)c1C.Cc1ccccc1. The van der Waals surface area contributed by atoms with E-state index in [4.69, 9.17) is 0 Å². The Kier molecular flexibility index (Phi) is 5.15. The van der Waals surface area contributed by atoms with Crippen LogP contribution in [0.5, 0.6) is 0 Å². The molecular weight excluding hydrogens is 216 g/mol. The molecule has 0 nitrogen and oxygen atoms in total. The topological polar surface area (TPSA) is 0 Å². The molecule has 2 rings (SSSR count). The molecule has 0 saturated carbocycles. The van der Waals surface area contributed by atoms with Crippen LogP contribution in [0.1, 0.15) is 33.4 Å². The van der Waals surface area contributed by atoms with Crippen molar-refractivity contribution < 1.29 is 0 Å². The van der Waals surface area contributed by atoms with Gasteiger partial charge in [0.25, 0.3) is 0 Å². The summed E-state index contributed by atoms with van der Waals surface area (Å²) in [5, 5.41) is 0. The second-order valence-corrected chi connectivity index (χ2v) is 5.04. The van der Waals surface area contributed by atoms with Gasteiger partial charge in [0.1, 0.15) is 0 Å². The lowest BCUT2D eigenvalue weighted by molar-refractivity contribution is 1.18. The fourth-order valence-electron chi connectivity index (χ4n) is 1.95. The Morgan fingerprint density at radius 1 is 0.556 bits per heavy atom. The van der Waals surface area contributed by atoms with Crippen molar-refractivity contribution in [2.45, 2.75) is 41.5 Å². The third-order valence-electron chi connectivity index (χ3n) is 3.68. The quantitative estimate of drug-likeness (QED) is 0.592. The van der Waals surface area contributed by atoms with E-state index in [9.17, 15) is 0 Å². The summed E-state index contributed by atoms with van der Waals surface area (Å²) in [6, 6.07) is 12.5. The molecule has 0 aliphatic rings. The van der Waals surface area contributed by atoms with E-state index in [0.717, 1.165) is 0 Å². The Bertz CT molecular complexity index is 481. The molecule has 2 aromatic carbocycles. The van der Waals surface area contributed by atoms with E-state index in [0.29, 0.717) is 0 Å². The smallest absolute Gasteiger partial charge is 0.0392 e. The van der Waals surface area contributed by atoms with Gasteiger partial charge >= 0.3 is 0 Å². The van der Waals surface area contributed by atoms with Crippen LogP contribution in [-0.4, -0.2) is 0 Å². The van der Waals surface area contributed by atoms with E-state index in [1.54, 1.807) is 0 Å². The fourth-order valence-corrected chi connectivity index (χ4v) is 1.95. The lowest BCUT2D eigenvalue weighted by Gasteiger charge is -2.10. The van der Waals surface area contributed by atoms with E-state index >= 15 is 0 Å². The van der Waals surface area contributed by atoms with Crippen molar-refractivity contribution in [3.05, 3.63) is 69.8 Å². The predicted octanol–water partition coefficient (Wildman–Crippen LogP) is 5.22. The van der Waals surface area contributed by atoms with Gasteiger partial charge in [-0.15, -0.1) is 0 Å². The third kappa shape index (κ3) is 3.73. The van der Waals surface area contributed by atoms with Crippen molar-refractivity contribution >= 4 is 0 Å². The number of benzene rings is 2. The summed E-state index contributed by atoms with van der Waals surface area (Å²) in [4.78, 5) is 0. The molecule has 0 radical (unpaired) electrons. The highest BCUT2D eigenvalue weighted by Gasteiger charge is 2.02. The molecule has 0 saturated heterocycles. The minimum absolute atomic E-state index is 1.32. The number of hydrogen-bond donors (Lipinski definition) is 0. The molecule has 0 aliphatic heterocycles. The van der Waals surface area contributed by atoms with Gasteiger partial charge in [0.15, 0.2) is 0 Å². The molecule has 0 bridgehead atoms. The maximum absolute atomic E-state index is 2.26. The molecule has 0 unspecified atom stereocenters. The zero-order valence-electron chi connectivity index (χ0n) is 12.5. The van der Waals surface area contributed by atoms with Crippen LogP contribution in [0.25, 0.3) is 0 Å². The van der Waals surface area contributed by atoms with Crippen LogP contribution in [0.3, 0.4) is 0 Å². The second-order valence-electron chi connectivity index (χ2n) is 5.04. The first kappa shape index (κ1) is 14.5. The first-order valence-corrected chi connectivity index (χ1v) is 6.49. The number of rotatable bonds is 0. The van der Waals surface area contributed by atoms with Crippen molar-refractivity contribution in [3.63, 3.8) is 0 Å². The second kappa shape index (κ2) is 6.39. The average molecular weight is 240 g/mol. The standard InChI is InChI=1S/C11H16.C7H8/c1-7-6-8(2)10(4)11(5)9(7)3;1-7-5-3-2-4-6-7/h6H,1-5H3;2-6H,1H3. The van der Waals surface area contributed by atoms with Gasteiger partial charge in [-0.2, -0.15) is 0 Å². The van der Waals surface area contributed by atoms with Crippen LogP contribution in [0.15, 0.2) is 36.4 Å². The van der Waals surface area contributed by atoms with E-state index < -0.39 is 0 Å². The van der Waals surface area contributed by atoms with Gasteiger partial charge in [0, 0.05) is 0 Å². The Morgan fingerprint density at radius 3 is 1.33 bits per heavy atom. The Hall–Kier alpha value is -1.56. The summed E-state index contributed by atoms with van der Waals surface area (Å²) in [5.41, 5.74) is 8.46. The summed E-state index contributed by atoms with van der Waals surface area (Å²) in [5.74, 6) is 0. The van der Waals surface area contributed by atoms with Crippen molar-refractivity contribution in [1.82, 2.24) is 0 Å². The molecule has 2 aromatic rings. The molecule has 0 amide bonds. The minimum Gasteiger partial charge on any atom is -0.0622 e. The molecule has 0 N–H and O–H groups in total. The zero-order chi connectivity index (χ0) is 13.7. The van der Waals surface area contributed by atoms with Crippen molar-refractivity contribution in [2.24, 2.45) is 0 Å². The normalized spacial score (nSPS) is 9.67. The van der Waals surface area contributed by atoms with Crippen LogP contribution in [0.2, 0.25) is 0 Å². The van der Waals surface area contributed by atoms with Gasteiger partial charge in [-0.05, 0) is 69.4 Å². The maximum atomic E-state index is 2.26. The van der Waals surface area contributed by atoms with Crippen LogP contribution in [-0.2, 0) is 0 Å². The van der Waals surface area contributed by atoms with Crippen LogP contribution < -0.4 is 0 Å². The van der Waals surface area contributed by atoms with Gasteiger partial charge in [-0.25, -0.2) is 0 Å². The lowest BCUT2D eigenvalue weighted by atomic mass is 9.96. The molecule has 0 heterocycles. The Morgan fingerprint density at radius 2 is 1.00 bits per heavy atom. The van der Waals surface area contributed by atoms with Gasteiger partial charge in [-0.1, -0.05) is 42.0 Å². The predicted molar refractivity (Wildman–Crippen MR) is 81.3 cm³/mol. The molecule has 96 valence electrons. The molecule has 0 aliphatic carbocycles. The first-order chi connectivity index (χ1) is 8.43. The van der Waals surface area contributed by atoms with E-state index in [1.807, 2.05) is 18.2 Å². The van der Waals surface area contributed by atoms with E-state index in [1.165, 1.54) is 33.4 Å². The zero-order valence-corrected chi connectivity index (χ0v) is 12.5. The largest absolute Gasteiger partial charge is 0.0622 e. The van der Waals surface area contributed by atoms with Crippen LogP contribution in [0, 0.1) is 41.5 Å². The van der Waals surface area contributed by atoms with E-state index in [2.05, 4.69) is 59.7 Å². The molecule has 18 heavy (non-hydrogen) atoms. The summed E-state index contributed by atoms with van der Waals surface area (Å²) in [7, 11) is 0. The van der Waals surface area contributed by atoms with Crippen molar-refractivity contribution in [1.29, 1.82) is 0 Å². The number of aryl methyl sites for hydroxylation is 3. The van der Waals surface area contributed by atoms with Gasteiger partial charge in [0.2, 0.25) is 0 Å². The molecule has 0 spiro atoms. The summed E-state index contributed by atoms with van der Waals surface area (Å²) >= 11 is 0. The molecule has 0 atom stereocenters. The first-order valence-electron chi connectivity index (χ1n) is 6.49. The molecule has 0 aromatic heterocycles. The van der Waals surface area contributed by atoms with Crippen molar-refractivity contribution in [3.8, 4) is 0 Å². The van der Waals surface area contributed by atoms with Gasteiger partial charge in [-0.3, -0.25) is 0 Å². The third-order valence-corrected chi connectivity index (χ3v) is 3.68. The minimum atomic E-state index is 1.32. The van der Waals surface area contributed by atoms with Gasteiger partial charge < -0.3 is 0 Å². The molecule has 0 fully saturated rings. The van der Waals surface area contributed by atoms with Crippen LogP contribution in [0.4, 0.5) is 0 Å². The highest BCUT2D eigenvalue weighted by atomic mass is 14.1. The average Bonchev–Trinajstić information content (AvgIpc) is 2.36. The summed E-state index contributed by atoms with van der Waals surface area (Å²) in [6.07, 6.45) is 0. The summed E-state index contributed by atoms with van der Waals surface area (Å²) < 4.78 is 0. The monoisotopic (exact) mass is 240 g/mol. The highest BCUT2D eigenvalue weighted by Crippen LogP contribution is 2.19.